The molecule has 0 atom stereocenters. The number of nitrogens with one attached hydrogen (secondary N) is 1. The Morgan fingerprint density at radius 1 is 1.00 bits per heavy atom. The first-order valence-corrected chi connectivity index (χ1v) is 15.9. The van der Waals surface area contributed by atoms with Crippen LogP contribution in [-0.4, -0.2) is 89.7 Å². The number of anilines is 1. The van der Waals surface area contributed by atoms with Gasteiger partial charge in [-0.3, -0.25) is 14.4 Å². The third-order valence-electron chi connectivity index (χ3n) is 9.01. The molecule has 7 rings (SSSR count). The molecular weight excluding hydrogens is 602 g/mol. The second-order valence-corrected chi connectivity index (χ2v) is 13.5. The van der Waals surface area contributed by atoms with Crippen LogP contribution >= 0.6 is 0 Å². The molecule has 2 fully saturated rings. The number of hydrogen-bond acceptors (Lipinski definition) is 11. The molecule has 0 bridgehead atoms. The number of likely N-dealkylation sites (tertiary alicyclic amines) is 1. The molecule has 47 heavy (non-hydrogen) atoms. The van der Waals surface area contributed by atoms with E-state index < -0.39 is 11.0 Å². The van der Waals surface area contributed by atoms with Crippen LogP contribution in [0.2, 0.25) is 0 Å². The van der Waals surface area contributed by atoms with Crippen molar-refractivity contribution >= 4 is 23.3 Å². The number of rotatable bonds is 6. The first-order valence-electron chi connectivity index (χ1n) is 15.9. The lowest BCUT2D eigenvalue weighted by molar-refractivity contribution is -0.157. The molecule has 2 saturated heterocycles. The van der Waals surface area contributed by atoms with Crippen molar-refractivity contribution in [2.45, 2.75) is 65.2 Å². The fourth-order valence-corrected chi connectivity index (χ4v) is 6.33. The molecule has 1 N–H and O–H groups in total. The van der Waals surface area contributed by atoms with Crippen LogP contribution in [0.25, 0.3) is 22.8 Å². The average molecular weight is 640 g/mol. The second-order valence-electron chi connectivity index (χ2n) is 13.5. The molecule has 4 aromatic rings. The van der Waals surface area contributed by atoms with E-state index in [1.54, 1.807) is 39.0 Å². The van der Waals surface area contributed by atoms with Crippen molar-refractivity contribution in [1.82, 2.24) is 40.3 Å². The van der Waals surface area contributed by atoms with Crippen LogP contribution < -0.4 is 9.64 Å². The third-order valence-corrected chi connectivity index (χ3v) is 9.01. The highest BCUT2D eigenvalue weighted by atomic mass is 16.5. The van der Waals surface area contributed by atoms with Gasteiger partial charge in [0, 0.05) is 61.4 Å². The van der Waals surface area contributed by atoms with Gasteiger partial charge >= 0.3 is 5.97 Å². The van der Waals surface area contributed by atoms with Crippen LogP contribution in [-0.2, 0) is 16.3 Å². The van der Waals surface area contributed by atoms with Crippen LogP contribution in [0.15, 0.2) is 42.7 Å². The number of nitrogens with zero attached hydrogens (tertiary/aromatic N) is 8. The molecule has 0 aliphatic carbocycles. The minimum atomic E-state index is -0.677. The number of ketones is 1. The van der Waals surface area contributed by atoms with E-state index in [2.05, 4.69) is 41.6 Å². The Balaban J connectivity index is 1.03. The molecule has 0 saturated carbocycles. The van der Waals surface area contributed by atoms with E-state index in [0.717, 1.165) is 37.2 Å². The summed E-state index contributed by atoms with van der Waals surface area (Å²) >= 11 is 0. The summed E-state index contributed by atoms with van der Waals surface area (Å²) in [7, 11) is 0. The molecule has 3 aliphatic heterocycles. The van der Waals surface area contributed by atoms with Crippen LogP contribution in [0.5, 0.6) is 5.75 Å². The highest BCUT2D eigenvalue weighted by Crippen LogP contribution is 2.41. The summed E-state index contributed by atoms with van der Waals surface area (Å²) in [5, 5.41) is 20.4. The molecule has 2 aromatic heterocycles. The lowest BCUT2D eigenvalue weighted by Gasteiger charge is -2.44. The summed E-state index contributed by atoms with van der Waals surface area (Å²) in [6.07, 6.45) is 5.08. The number of amides is 1. The Morgan fingerprint density at radius 2 is 1.79 bits per heavy atom. The number of ether oxygens (including phenoxy) is 2. The van der Waals surface area contributed by atoms with Gasteiger partial charge in [-0.1, -0.05) is 0 Å². The maximum absolute atomic E-state index is 13.8. The third kappa shape index (κ3) is 6.19. The molecule has 14 heteroatoms. The number of aromatic nitrogens is 7. The Kier molecular flexibility index (Phi) is 7.73. The van der Waals surface area contributed by atoms with Gasteiger partial charge in [0.25, 0.3) is 5.91 Å². The van der Waals surface area contributed by atoms with Crippen molar-refractivity contribution in [1.29, 1.82) is 0 Å². The Hall–Kier alpha value is -5.14. The number of aromatic amines is 1. The van der Waals surface area contributed by atoms with E-state index in [9.17, 15) is 14.4 Å². The number of fused-ring (bicyclic) bond motifs is 1. The molecule has 0 unspecified atom stereocenters. The van der Waals surface area contributed by atoms with Gasteiger partial charge in [-0.2, -0.15) is 0 Å². The van der Waals surface area contributed by atoms with E-state index in [4.69, 9.17) is 9.47 Å². The van der Waals surface area contributed by atoms with Gasteiger partial charge in [-0.05, 0) is 75.2 Å². The quantitative estimate of drug-likeness (QED) is 0.305. The van der Waals surface area contributed by atoms with E-state index in [0.29, 0.717) is 60.0 Å². The molecule has 3 aliphatic rings. The van der Waals surface area contributed by atoms with E-state index >= 15 is 0 Å². The first kappa shape index (κ1) is 30.5. The molecule has 14 nitrogen and oxygen atoms in total. The van der Waals surface area contributed by atoms with Crippen LogP contribution in [0.4, 0.5) is 5.69 Å². The normalized spacial score (nSPS) is 17.5. The zero-order valence-corrected chi connectivity index (χ0v) is 26.7. The monoisotopic (exact) mass is 639 g/mol. The lowest BCUT2D eigenvalue weighted by atomic mass is 9.82. The Morgan fingerprint density at radius 3 is 2.51 bits per heavy atom. The van der Waals surface area contributed by atoms with Gasteiger partial charge in [0.2, 0.25) is 12.6 Å². The SMILES string of the molecule is CC(C)(C)C(=O)OCn1nnc(-c2ccc3c(c2)C(=O)CC2(CCN(C(=O)c4cc(-c5nnc[nH]5)cc(N5CCCC5)c4)CC2)O3)n1. The highest BCUT2D eigenvalue weighted by Gasteiger charge is 2.44. The second kappa shape index (κ2) is 11.9. The van der Waals surface area contributed by atoms with Gasteiger partial charge in [0.1, 0.15) is 17.7 Å². The summed E-state index contributed by atoms with van der Waals surface area (Å²) in [6.45, 7) is 7.99. The van der Waals surface area contributed by atoms with Gasteiger partial charge < -0.3 is 24.3 Å². The van der Waals surface area contributed by atoms with Crippen LogP contribution in [0.1, 0.15) is 73.6 Å². The molecule has 1 amide bonds. The summed E-state index contributed by atoms with van der Waals surface area (Å²) < 4.78 is 11.8. The van der Waals surface area contributed by atoms with Crippen LogP contribution in [0.3, 0.4) is 0 Å². The van der Waals surface area contributed by atoms with Crippen molar-refractivity contribution in [3.8, 4) is 28.5 Å². The van der Waals surface area contributed by atoms with Crippen molar-refractivity contribution in [3.05, 3.63) is 53.9 Å². The highest BCUT2D eigenvalue weighted by molar-refractivity contribution is 6.01. The maximum atomic E-state index is 13.8. The van der Waals surface area contributed by atoms with Crippen molar-refractivity contribution < 1.29 is 23.9 Å². The predicted octanol–water partition coefficient (Wildman–Crippen LogP) is 3.91. The van der Waals surface area contributed by atoms with Gasteiger partial charge in [-0.25, -0.2) is 0 Å². The lowest BCUT2D eigenvalue weighted by Crippen LogP contribution is -2.52. The summed E-state index contributed by atoms with van der Waals surface area (Å²) in [4.78, 5) is 47.8. The number of tetrazole rings is 1. The number of piperidine rings is 1. The largest absolute Gasteiger partial charge is 0.486 e. The Bertz CT molecular complexity index is 1810. The number of carbonyl (C=O) groups is 3. The zero-order valence-electron chi connectivity index (χ0n) is 26.7. The van der Waals surface area contributed by atoms with E-state index in [1.807, 2.05) is 17.0 Å². The zero-order chi connectivity index (χ0) is 32.8. The summed E-state index contributed by atoms with van der Waals surface area (Å²) in [5.41, 5.74) is 2.17. The number of hydrogen-bond donors (Lipinski definition) is 1. The minimum absolute atomic E-state index is 0.0330. The van der Waals surface area contributed by atoms with Crippen molar-refractivity contribution in [3.63, 3.8) is 0 Å². The summed E-state index contributed by atoms with van der Waals surface area (Å²) in [6, 6.07) is 11.2. The van der Waals surface area contributed by atoms with Gasteiger partial charge in [0.05, 0.1) is 17.4 Å². The maximum Gasteiger partial charge on any atom is 0.313 e. The number of H-pyrrole nitrogens is 1. The van der Waals surface area contributed by atoms with Crippen LogP contribution in [0, 0.1) is 5.41 Å². The first-order chi connectivity index (χ1) is 22.6. The number of carbonyl (C=O) groups excluding carboxylic acids is 3. The predicted molar refractivity (Wildman–Crippen MR) is 170 cm³/mol. The van der Waals surface area contributed by atoms with Gasteiger partial charge in [-0.15, -0.1) is 25.2 Å². The average Bonchev–Trinajstić information content (AvgIpc) is 3.87. The van der Waals surface area contributed by atoms with E-state index in [1.165, 1.54) is 11.1 Å². The number of esters is 1. The molecule has 0 radical (unpaired) electrons. The minimum Gasteiger partial charge on any atom is -0.486 e. The molecule has 2 aromatic carbocycles. The fourth-order valence-electron chi connectivity index (χ4n) is 6.33. The van der Waals surface area contributed by atoms with Crippen molar-refractivity contribution in [2.24, 2.45) is 5.41 Å². The van der Waals surface area contributed by atoms with Gasteiger partial charge in [0.15, 0.2) is 11.6 Å². The summed E-state index contributed by atoms with van der Waals surface area (Å²) in [5.74, 6) is 0.972. The molecule has 1 spiro atoms. The standard InChI is InChI=1S/C33H37N9O5/c1-32(2,3)31(45)46-20-42-38-29(37-39-42)21-6-7-27-25(17-21)26(43)18-33(47-27)8-12-41(13-9-33)30(44)23-14-22(28-34-19-35-36-28)15-24(16-23)40-10-4-5-11-40/h6-7,14-17,19H,4-5,8-13,18,20H2,1-3H3,(H,34,35,36). The molecular formula is C33H37N9O5. The number of Topliss-reactive ketones (excluding diaryl/α,β-unsaturated/α-hetero) is 1. The van der Waals surface area contributed by atoms with Crippen molar-refractivity contribution in [2.75, 3.05) is 31.1 Å². The smallest absolute Gasteiger partial charge is 0.313 e. The number of benzene rings is 2. The molecule has 244 valence electrons. The topological polar surface area (TPSA) is 161 Å². The molecule has 5 heterocycles. The Labute approximate surface area is 271 Å². The fraction of sp³-hybridized carbons (Fsp3) is 0.455. The van der Waals surface area contributed by atoms with E-state index in [-0.39, 0.29) is 30.8 Å².